The maximum atomic E-state index is 13.8. The van der Waals surface area contributed by atoms with Crippen molar-refractivity contribution in [2.24, 2.45) is 0 Å². The van der Waals surface area contributed by atoms with Gasteiger partial charge in [0.15, 0.2) is 0 Å². The van der Waals surface area contributed by atoms with E-state index in [2.05, 4.69) is 10.6 Å². The number of carbonyl (C=O) groups is 3. The number of nitrogens with one attached hydrogen (secondary N) is 2. The van der Waals surface area contributed by atoms with Crippen molar-refractivity contribution < 1.29 is 24.2 Å². The first-order chi connectivity index (χ1) is 16.7. The van der Waals surface area contributed by atoms with Crippen molar-refractivity contribution in [2.45, 2.75) is 79.1 Å². The van der Waals surface area contributed by atoms with Crippen molar-refractivity contribution in [3.63, 3.8) is 0 Å². The van der Waals surface area contributed by atoms with Crippen molar-refractivity contribution in [1.82, 2.24) is 10.2 Å². The maximum absolute atomic E-state index is 13.8. The minimum atomic E-state index is -1.29. The molecule has 0 spiro atoms. The molecular formula is C28H39N3O5. The molecule has 0 bridgehead atoms. The third-order valence-corrected chi connectivity index (χ3v) is 5.76. The first kappa shape index (κ1) is 28.8. The van der Waals surface area contributed by atoms with Gasteiger partial charge in [-0.3, -0.25) is 9.59 Å². The molecule has 2 unspecified atom stereocenters. The van der Waals surface area contributed by atoms with Gasteiger partial charge < -0.3 is 25.4 Å². The molecule has 2 rings (SSSR count). The zero-order valence-corrected chi connectivity index (χ0v) is 22.5. The first-order valence-corrected chi connectivity index (χ1v) is 12.1. The lowest BCUT2D eigenvalue weighted by atomic mass is 9.97. The predicted octanol–water partition coefficient (Wildman–Crippen LogP) is 4.41. The van der Waals surface area contributed by atoms with Crippen LogP contribution >= 0.6 is 0 Å². The first-order valence-electron chi connectivity index (χ1n) is 12.1. The molecule has 3 amide bonds. The van der Waals surface area contributed by atoms with Crippen molar-refractivity contribution in [2.75, 3.05) is 11.9 Å². The molecule has 0 aliphatic heterocycles. The lowest BCUT2D eigenvalue weighted by molar-refractivity contribution is -0.143. The standard InChI is InChI=1S/C28H39N3O5/c1-17(2)31(26(34)23(16-32)30-27(35)36-28(6,7)8)24(21-14-13-18(3)20(5)15-21)25(33)29-22-12-10-9-11-19(22)4/h9-15,17,23-24,32H,16H2,1-8H3,(H,29,33)(H,30,35). The van der Waals surface area contributed by atoms with Crippen LogP contribution in [0.4, 0.5) is 10.5 Å². The molecule has 8 heteroatoms. The van der Waals surface area contributed by atoms with Crippen LogP contribution in [0.25, 0.3) is 0 Å². The largest absolute Gasteiger partial charge is 0.444 e. The topological polar surface area (TPSA) is 108 Å². The summed E-state index contributed by atoms with van der Waals surface area (Å²) >= 11 is 0. The summed E-state index contributed by atoms with van der Waals surface area (Å²) in [6.07, 6.45) is -0.828. The Morgan fingerprint density at radius 1 is 0.972 bits per heavy atom. The van der Waals surface area contributed by atoms with Crippen molar-refractivity contribution >= 4 is 23.6 Å². The highest BCUT2D eigenvalue weighted by Gasteiger charge is 2.38. The smallest absolute Gasteiger partial charge is 0.408 e. The van der Waals surface area contributed by atoms with Crippen molar-refractivity contribution in [1.29, 1.82) is 0 Å². The average molecular weight is 498 g/mol. The Balaban J connectivity index is 2.50. The van der Waals surface area contributed by atoms with E-state index in [0.717, 1.165) is 16.7 Å². The van der Waals surface area contributed by atoms with Gasteiger partial charge in [-0.2, -0.15) is 0 Å². The predicted molar refractivity (Wildman–Crippen MR) is 141 cm³/mol. The SMILES string of the molecule is Cc1ccc(C(C(=O)Nc2ccccc2C)N(C(=O)C(CO)NC(=O)OC(C)(C)C)C(C)C)cc1C. The quantitative estimate of drug-likeness (QED) is 0.501. The molecule has 0 heterocycles. The Hall–Kier alpha value is -3.39. The van der Waals surface area contributed by atoms with E-state index in [1.165, 1.54) is 4.90 Å². The Kier molecular flexibility index (Phi) is 9.64. The zero-order valence-electron chi connectivity index (χ0n) is 22.5. The highest BCUT2D eigenvalue weighted by molar-refractivity contribution is 5.99. The van der Waals surface area contributed by atoms with Gasteiger partial charge in [0.25, 0.3) is 5.91 Å². The van der Waals surface area contributed by atoms with Crippen LogP contribution in [0, 0.1) is 20.8 Å². The number of rotatable bonds is 8. The lowest BCUT2D eigenvalue weighted by Crippen LogP contribution is -2.55. The fraction of sp³-hybridized carbons (Fsp3) is 0.464. The molecule has 196 valence electrons. The van der Waals surface area contributed by atoms with Crippen molar-refractivity contribution in [3.8, 4) is 0 Å². The second kappa shape index (κ2) is 12.0. The molecule has 0 saturated heterocycles. The Bertz CT molecular complexity index is 1090. The van der Waals surface area contributed by atoms with Crippen LogP contribution in [0.5, 0.6) is 0 Å². The van der Waals surface area contributed by atoms with Gasteiger partial charge in [0.2, 0.25) is 5.91 Å². The summed E-state index contributed by atoms with van der Waals surface area (Å²) in [7, 11) is 0. The van der Waals surface area contributed by atoms with Gasteiger partial charge in [-0.15, -0.1) is 0 Å². The number of carbonyl (C=O) groups excluding carboxylic acids is 3. The minimum absolute atomic E-state index is 0.399. The number of anilines is 1. The molecule has 0 fully saturated rings. The summed E-state index contributed by atoms with van der Waals surface area (Å²) in [6, 6.07) is 10.3. The monoisotopic (exact) mass is 497 g/mol. The number of aliphatic hydroxyl groups is 1. The van der Waals surface area contributed by atoms with Crippen LogP contribution in [-0.4, -0.2) is 52.2 Å². The molecule has 36 heavy (non-hydrogen) atoms. The number of aryl methyl sites for hydroxylation is 3. The summed E-state index contributed by atoms with van der Waals surface area (Å²) in [5, 5.41) is 15.4. The molecule has 2 atom stereocenters. The Morgan fingerprint density at radius 2 is 1.61 bits per heavy atom. The van der Waals surface area contributed by atoms with E-state index in [1.54, 1.807) is 40.7 Å². The summed E-state index contributed by atoms with van der Waals surface area (Å²) < 4.78 is 5.26. The summed E-state index contributed by atoms with van der Waals surface area (Å²) in [5.74, 6) is -0.995. The summed E-state index contributed by atoms with van der Waals surface area (Å²) in [5.41, 5.74) is 3.40. The second-order valence-corrected chi connectivity index (χ2v) is 10.3. The van der Waals surface area contributed by atoms with Gasteiger partial charge >= 0.3 is 6.09 Å². The molecule has 0 aliphatic rings. The minimum Gasteiger partial charge on any atom is -0.444 e. The van der Waals surface area contributed by atoms with Gasteiger partial charge in [-0.25, -0.2) is 4.79 Å². The Labute approximate surface area is 214 Å². The van der Waals surface area contributed by atoms with Gasteiger partial charge in [-0.1, -0.05) is 36.4 Å². The number of benzene rings is 2. The fourth-order valence-electron chi connectivity index (χ4n) is 3.78. The Morgan fingerprint density at radius 3 is 2.14 bits per heavy atom. The van der Waals surface area contributed by atoms with E-state index < -0.39 is 48.2 Å². The van der Waals surface area contributed by atoms with Crippen LogP contribution < -0.4 is 10.6 Å². The molecule has 8 nitrogen and oxygen atoms in total. The maximum Gasteiger partial charge on any atom is 0.408 e. The van der Waals surface area contributed by atoms with E-state index in [1.807, 2.05) is 57.2 Å². The number of ether oxygens (including phenoxy) is 1. The normalized spacial score (nSPS) is 13.1. The van der Waals surface area contributed by atoms with Crippen molar-refractivity contribution in [3.05, 3.63) is 64.7 Å². The molecule has 3 N–H and O–H groups in total. The van der Waals surface area contributed by atoms with Crippen LogP contribution in [0.15, 0.2) is 42.5 Å². The van der Waals surface area contributed by atoms with Crippen LogP contribution in [-0.2, 0) is 14.3 Å². The van der Waals surface area contributed by atoms with E-state index in [4.69, 9.17) is 4.74 Å². The molecule has 2 aromatic rings. The molecule has 0 aliphatic carbocycles. The highest BCUT2D eigenvalue weighted by atomic mass is 16.6. The number of aliphatic hydroxyl groups excluding tert-OH is 1. The molecule has 2 aromatic carbocycles. The number of nitrogens with zero attached hydrogens (tertiary/aromatic N) is 1. The highest BCUT2D eigenvalue weighted by Crippen LogP contribution is 2.28. The van der Waals surface area contributed by atoms with E-state index in [0.29, 0.717) is 11.3 Å². The van der Waals surface area contributed by atoms with E-state index >= 15 is 0 Å². The zero-order chi connectivity index (χ0) is 27.2. The molecule has 0 saturated carbocycles. The number of amides is 3. The number of para-hydroxylation sites is 1. The average Bonchev–Trinajstić information content (AvgIpc) is 2.77. The van der Waals surface area contributed by atoms with Crippen LogP contribution in [0.1, 0.15) is 62.9 Å². The van der Waals surface area contributed by atoms with Crippen LogP contribution in [0.3, 0.4) is 0 Å². The number of hydrogen-bond acceptors (Lipinski definition) is 5. The van der Waals surface area contributed by atoms with Gasteiger partial charge in [0.1, 0.15) is 17.7 Å². The third kappa shape index (κ3) is 7.55. The lowest BCUT2D eigenvalue weighted by Gasteiger charge is -2.37. The fourth-order valence-corrected chi connectivity index (χ4v) is 3.78. The molecular weight excluding hydrogens is 458 g/mol. The molecule has 0 aromatic heterocycles. The van der Waals surface area contributed by atoms with Crippen LogP contribution in [0.2, 0.25) is 0 Å². The number of alkyl carbamates (subject to hydrolysis) is 1. The van der Waals surface area contributed by atoms with E-state index in [-0.39, 0.29) is 0 Å². The summed E-state index contributed by atoms with van der Waals surface area (Å²) in [4.78, 5) is 41.2. The summed E-state index contributed by atoms with van der Waals surface area (Å²) in [6.45, 7) is 13.8. The molecule has 0 radical (unpaired) electrons. The van der Waals surface area contributed by atoms with Gasteiger partial charge in [0, 0.05) is 11.7 Å². The van der Waals surface area contributed by atoms with Gasteiger partial charge in [-0.05, 0) is 83.7 Å². The second-order valence-electron chi connectivity index (χ2n) is 10.3. The van der Waals surface area contributed by atoms with E-state index in [9.17, 15) is 19.5 Å². The third-order valence-electron chi connectivity index (χ3n) is 5.76. The number of hydrogen-bond donors (Lipinski definition) is 3. The van der Waals surface area contributed by atoms with Gasteiger partial charge in [0.05, 0.1) is 6.61 Å².